The number of aliphatic hydroxyl groups is 1. The van der Waals surface area contributed by atoms with Gasteiger partial charge in [-0.1, -0.05) is 30.3 Å². The van der Waals surface area contributed by atoms with Crippen molar-refractivity contribution in [3.8, 4) is 5.75 Å². The first-order valence-corrected chi connectivity index (χ1v) is 6.73. The molecule has 0 saturated heterocycles. The lowest BCUT2D eigenvalue weighted by molar-refractivity contribution is 0.283. The van der Waals surface area contributed by atoms with Crippen molar-refractivity contribution < 1.29 is 14.2 Å². The SMILES string of the molecule is COc1cccc(Cn2cc(CO)c3ccccc32)c1F. The average Bonchev–Trinajstić information content (AvgIpc) is 2.87. The number of hydrogen-bond donors (Lipinski definition) is 1. The third-order valence-corrected chi connectivity index (χ3v) is 3.65. The molecule has 0 unspecified atom stereocenters. The molecule has 21 heavy (non-hydrogen) atoms. The van der Waals surface area contributed by atoms with Crippen molar-refractivity contribution >= 4 is 10.9 Å². The minimum atomic E-state index is -0.344. The second-order valence-corrected chi connectivity index (χ2v) is 4.89. The summed E-state index contributed by atoms with van der Waals surface area (Å²) in [4.78, 5) is 0. The third-order valence-electron chi connectivity index (χ3n) is 3.65. The van der Waals surface area contributed by atoms with Crippen LogP contribution in [0.2, 0.25) is 0 Å². The molecule has 0 aliphatic carbocycles. The van der Waals surface area contributed by atoms with Gasteiger partial charge in [0.25, 0.3) is 0 Å². The van der Waals surface area contributed by atoms with Gasteiger partial charge < -0.3 is 14.4 Å². The molecule has 0 aliphatic heterocycles. The summed E-state index contributed by atoms with van der Waals surface area (Å²) in [6.45, 7) is 0.359. The zero-order chi connectivity index (χ0) is 14.8. The molecule has 1 N–H and O–H groups in total. The molecule has 0 saturated carbocycles. The van der Waals surface area contributed by atoms with E-state index >= 15 is 0 Å². The Morgan fingerprint density at radius 1 is 1.10 bits per heavy atom. The summed E-state index contributed by atoms with van der Waals surface area (Å²) >= 11 is 0. The number of rotatable bonds is 4. The van der Waals surface area contributed by atoms with Crippen molar-refractivity contribution in [3.63, 3.8) is 0 Å². The number of methoxy groups -OCH3 is 1. The molecule has 4 heteroatoms. The number of nitrogens with zero attached hydrogens (tertiary/aromatic N) is 1. The van der Waals surface area contributed by atoms with Crippen LogP contribution in [-0.4, -0.2) is 16.8 Å². The number of para-hydroxylation sites is 1. The number of aromatic nitrogens is 1. The van der Waals surface area contributed by atoms with Gasteiger partial charge >= 0.3 is 0 Å². The Morgan fingerprint density at radius 2 is 1.90 bits per heavy atom. The van der Waals surface area contributed by atoms with Gasteiger partial charge in [-0.25, -0.2) is 4.39 Å². The fourth-order valence-electron chi connectivity index (χ4n) is 2.60. The van der Waals surface area contributed by atoms with E-state index in [4.69, 9.17) is 4.74 Å². The van der Waals surface area contributed by atoms with E-state index < -0.39 is 0 Å². The van der Waals surface area contributed by atoms with Crippen LogP contribution < -0.4 is 4.74 Å². The predicted octanol–water partition coefficient (Wildman–Crippen LogP) is 3.33. The fraction of sp³-hybridized carbons (Fsp3) is 0.176. The molecular weight excluding hydrogens is 269 g/mol. The molecular formula is C17H16FNO2. The number of hydrogen-bond acceptors (Lipinski definition) is 2. The first kappa shape index (κ1) is 13.6. The van der Waals surface area contributed by atoms with Crippen LogP contribution in [-0.2, 0) is 13.2 Å². The molecule has 3 aromatic rings. The highest BCUT2D eigenvalue weighted by molar-refractivity contribution is 5.83. The lowest BCUT2D eigenvalue weighted by Gasteiger charge is -2.09. The summed E-state index contributed by atoms with van der Waals surface area (Å²) < 4.78 is 21.2. The highest BCUT2D eigenvalue weighted by atomic mass is 19.1. The lowest BCUT2D eigenvalue weighted by Crippen LogP contribution is -2.02. The maximum Gasteiger partial charge on any atom is 0.170 e. The van der Waals surface area contributed by atoms with Crippen LogP contribution in [0.1, 0.15) is 11.1 Å². The quantitative estimate of drug-likeness (QED) is 0.798. The molecule has 3 nitrogen and oxygen atoms in total. The minimum Gasteiger partial charge on any atom is -0.494 e. The Bertz CT molecular complexity index is 780. The van der Waals surface area contributed by atoms with Crippen LogP contribution in [0.15, 0.2) is 48.7 Å². The maximum atomic E-state index is 14.3. The van der Waals surface area contributed by atoms with E-state index in [1.54, 1.807) is 18.2 Å². The summed E-state index contributed by atoms with van der Waals surface area (Å²) in [5.41, 5.74) is 2.37. The largest absolute Gasteiger partial charge is 0.494 e. The molecule has 3 rings (SSSR count). The highest BCUT2D eigenvalue weighted by Gasteiger charge is 2.12. The molecule has 2 aromatic carbocycles. The van der Waals surface area contributed by atoms with Crippen LogP contribution in [0.3, 0.4) is 0 Å². The Hall–Kier alpha value is -2.33. The van der Waals surface area contributed by atoms with Crippen molar-refractivity contribution in [3.05, 3.63) is 65.6 Å². The van der Waals surface area contributed by atoms with Crippen molar-refractivity contribution in [2.45, 2.75) is 13.2 Å². The minimum absolute atomic E-state index is 0.0336. The number of ether oxygens (including phenoxy) is 1. The summed E-state index contributed by atoms with van der Waals surface area (Å²) in [6.07, 6.45) is 1.86. The van der Waals surface area contributed by atoms with Crippen LogP contribution in [0.5, 0.6) is 5.75 Å². The Kier molecular flexibility index (Phi) is 3.62. The van der Waals surface area contributed by atoms with Gasteiger partial charge in [0.2, 0.25) is 0 Å². The second-order valence-electron chi connectivity index (χ2n) is 4.89. The van der Waals surface area contributed by atoms with Gasteiger partial charge in [-0.3, -0.25) is 0 Å². The molecule has 0 fully saturated rings. The molecule has 0 spiro atoms. The van der Waals surface area contributed by atoms with Crippen molar-refractivity contribution in [2.75, 3.05) is 7.11 Å². The zero-order valence-electron chi connectivity index (χ0n) is 11.7. The van der Waals surface area contributed by atoms with E-state index in [1.807, 2.05) is 35.0 Å². The normalized spacial score (nSPS) is 11.0. The third kappa shape index (κ3) is 2.38. The van der Waals surface area contributed by atoms with Gasteiger partial charge in [-0.05, 0) is 12.1 Å². The smallest absolute Gasteiger partial charge is 0.170 e. The van der Waals surface area contributed by atoms with Gasteiger partial charge in [0.1, 0.15) is 0 Å². The molecule has 1 heterocycles. The Morgan fingerprint density at radius 3 is 2.67 bits per heavy atom. The van der Waals surface area contributed by atoms with Gasteiger partial charge in [-0.2, -0.15) is 0 Å². The van der Waals surface area contributed by atoms with Crippen LogP contribution in [0.4, 0.5) is 4.39 Å². The van der Waals surface area contributed by atoms with E-state index in [1.165, 1.54) is 7.11 Å². The van der Waals surface area contributed by atoms with Crippen molar-refractivity contribution in [1.82, 2.24) is 4.57 Å². The van der Waals surface area contributed by atoms with Gasteiger partial charge in [0.05, 0.1) is 20.3 Å². The highest BCUT2D eigenvalue weighted by Crippen LogP contribution is 2.25. The van der Waals surface area contributed by atoms with Crippen molar-refractivity contribution in [2.24, 2.45) is 0 Å². The molecule has 0 bridgehead atoms. The lowest BCUT2D eigenvalue weighted by atomic mass is 10.2. The van der Waals surface area contributed by atoms with E-state index in [-0.39, 0.29) is 18.2 Å². The van der Waals surface area contributed by atoms with Crippen LogP contribution in [0.25, 0.3) is 10.9 Å². The first-order valence-electron chi connectivity index (χ1n) is 6.73. The van der Waals surface area contributed by atoms with Gasteiger partial charge in [0, 0.05) is 28.2 Å². The summed E-state index contributed by atoms with van der Waals surface area (Å²) in [5.74, 6) is -0.102. The number of aliphatic hydroxyl groups excluding tert-OH is 1. The number of halogens is 1. The number of benzene rings is 2. The van der Waals surface area contributed by atoms with E-state index in [2.05, 4.69) is 0 Å². The number of fused-ring (bicyclic) bond motifs is 1. The Labute approximate surface area is 122 Å². The molecule has 0 atom stereocenters. The van der Waals surface area contributed by atoms with E-state index in [9.17, 15) is 9.50 Å². The zero-order valence-corrected chi connectivity index (χ0v) is 11.7. The summed E-state index contributed by atoms with van der Waals surface area (Å²) in [6, 6.07) is 12.9. The maximum absolute atomic E-state index is 14.3. The van der Waals surface area contributed by atoms with E-state index in [0.717, 1.165) is 16.5 Å². The predicted molar refractivity (Wildman–Crippen MR) is 79.9 cm³/mol. The second kappa shape index (κ2) is 5.58. The fourth-order valence-corrected chi connectivity index (χ4v) is 2.60. The Balaban J connectivity index is 2.06. The van der Waals surface area contributed by atoms with Crippen molar-refractivity contribution in [1.29, 1.82) is 0 Å². The topological polar surface area (TPSA) is 34.4 Å². The first-order chi connectivity index (χ1) is 10.2. The van der Waals surface area contributed by atoms with E-state index in [0.29, 0.717) is 12.1 Å². The summed E-state index contributed by atoms with van der Waals surface area (Å²) in [7, 11) is 1.46. The molecule has 0 aliphatic rings. The van der Waals surface area contributed by atoms with Gasteiger partial charge in [-0.15, -0.1) is 0 Å². The molecule has 108 valence electrons. The van der Waals surface area contributed by atoms with Crippen LogP contribution in [0, 0.1) is 5.82 Å². The molecule has 0 radical (unpaired) electrons. The summed E-state index contributed by atoms with van der Waals surface area (Å²) in [5, 5.41) is 10.4. The molecule has 0 amide bonds. The molecule has 1 aromatic heterocycles. The monoisotopic (exact) mass is 285 g/mol. The van der Waals surface area contributed by atoms with Crippen LogP contribution >= 0.6 is 0 Å². The van der Waals surface area contributed by atoms with Gasteiger partial charge in [0.15, 0.2) is 11.6 Å². The average molecular weight is 285 g/mol. The standard InChI is InChI=1S/C17H16FNO2/c1-21-16-8-4-5-12(17(16)18)9-19-10-13(11-20)14-6-2-3-7-15(14)19/h2-8,10,20H,9,11H2,1H3.